The largest absolute Gasteiger partial charge is 0.491 e. The molecule has 1 N–H and O–H groups in total. The molecular formula is C22H31NO5S2. The van der Waals surface area contributed by atoms with Gasteiger partial charge >= 0.3 is 5.97 Å². The van der Waals surface area contributed by atoms with Gasteiger partial charge in [-0.25, -0.2) is 13.2 Å². The van der Waals surface area contributed by atoms with E-state index in [9.17, 15) is 13.2 Å². The number of rotatable bonds is 13. The summed E-state index contributed by atoms with van der Waals surface area (Å²) in [6, 6.07) is 6.96. The number of methoxy groups -OCH3 is 1. The van der Waals surface area contributed by atoms with Crippen LogP contribution in [-0.4, -0.2) is 28.1 Å². The van der Waals surface area contributed by atoms with Crippen LogP contribution < -0.4 is 9.46 Å². The number of esters is 1. The van der Waals surface area contributed by atoms with Gasteiger partial charge in [-0.05, 0) is 48.4 Å². The van der Waals surface area contributed by atoms with E-state index in [4.69, 9.17) is 4.74 Å². The minimum absolute atomic E-state index is 0.0460. The van der Waals surface area contributed by atoms with Crippen molar-refractivity contribution in [1.82, 2.24) is 0 Å². The smallest absolute Gasteiger partial charge is 0.349 e. The summed E-state index contributed by atoms with van der Waals surface area (Å²) >= 11 is 1.03. The Morgan fingerprint density at radius 1 is 1.07 bits per heavy atom. The number of thiophene rings is 1. The molecule has 30 heavy (non-hydrogen) atoms. The Bertz CT molecular complexity index is 921. The lowest BCUT2D eigenvalue weighted by molar-refractivity contribution is 0.0602. The Balaban J connectivity index is 2.21. The monoisotopic (exact) mass is 453 g/mol. The average Bonchev–Trinajstić information content (AvgIpc) is 3.24. The van der Waals surface area contributed by atoms with E-state index < -0.39 is 16.0 Å². The molecule has 2 rings (SSSR count). The van der Waals surface area contributed by atoms with Crippen LogP contribution >= 0.6 is 11.3 Å². The van der Waals surface area contributed by atoms with Crippen LogP contribution in [0.15, 0.2) is 34.5 Å². The molecule has 0 amide bonds. The molecule has 0 aliphatic heterocycles. The van der Waals surface area contributed by atoms with Gasteiger partial charge < -0.3 is 9.47 Å². The summed E-state index contributed by atoms with van der Waals surface area (Å²) in [7, 11) is -2.74. The second-order valence-corrected chi connectivity index (χ2v) is 9.62. The van der Waals surface area contributed by atoms with Crippen LogP contribution in [0.3, 0.4) is 0 Å². The fourth-order valence-corrected chi connectivity index (χ4v) is 5.43. The van der Waals surface area contributed by atoms with Gasteiger partial charge in [0.05, 0.1) is 19.4 Å². The van der Waals surface area contributed by atoms with Gasteiger partial charge in [-0.1, -0.05) is 45.6 Å². The first kappa shape index (κ1) is 24.2. The number of carbonyl (C=O) groups is 1. The van der Waals surface area contributed by atoms with Gasteiger partial charge in [0.2, 0.25) is 0 Å². The molecule has 0 bridgehead atoms. The standard InChI is InChI=1S/C22H31NO5S2/c1-4-6-7-8-9-10-17-11-12-18(19(16-17)28-14-5-2)23-30(25,26)20-13-15-29-21(20)22(24)27-3/h11-13,15-16,23H,4-10,14H2,1-3H3. The molecule has 1 aromatic heterocycles. The summed E-state index contributed by atoms with van der Waals surface area (Å²) in [4.78, 5) is 11.8. The fraction of sp³-hybridized carbons (Fsp3) is 0.500. The Hall–Kier alpha value is -2.06. The fourth-order valence-electron chi connectivity index (χ4n) is 3.02. The zero-order valence-electron chi connectivity index (χ0n) is 17.9. The SMILES string of the molecule is CCCCCCCc1ccc(NS(=O)(=O)c2ccsc2C(=O)OC)c(OCCC)c1. The van der Waals surface area contributed by atoms with Gasteiger partial charge in [0.25, 0.3) is 10.0 Å². The predicted octanol–water partition coefficient (Wildman–Crippen LogP) is 5.64. The molecule has 8 heteroatoms. The van der Waals surface area contributed by atoms with Crippen molar-refractivity contribution in [2.75, 3.05) is 18.4 Å². The van der Waals surface area contributed by atoms with Gasteiger partial charge in [0, 0.05) is 0 Å². The lowest BCUT2D eigenvalue weighted by Crippen LogP contribution is -2.16. The number of anilines is 1. The van der Waals surface area contributed by atoms with Crippen molar-refractivity contribution >= 4 is 33.0 Å². The number of carbonyl (C=O) groups excluding carboxylic acids is 1. The molecule has 0 radical (unpaired) electrons. The number of nitrogens with one attached hydrogen (secondary N) is 1. The van der Waals surface area contributed by atoms with Crippen LogP contribution in [0.2, 0.25) is 0 Å². The van der Waals surface area contributed by atoms with E-state index in [0.717, 1.165) is 36.2 Å². The number of sulfonamides is 1. The quantitative estimate of drug-likeness (QED) is 0.314. The molecule has 0 aliphatic carbocycles. The van der Waals surface area contributed by atoms with E-state index in [1.54, 1.807) is 11.4 Å². The van der Waals surface area contributed by atoms with E-state index in [-0.39, 0.29) is 9.77 Å². The van der Waals surface area contributed by atoms with Crippen molar-refractivity contribution in [3.8, 4) is 5.75 Å². The van der Waals surface area contributed by atoms with Crippen LogP contribution in [0.25, 0.3) is 0 Å². The van der Waals surface area contributed by atoms with Crippen molar-refractivity contribution in [2.45, 2.75) is 63.7 Å². The molecule has 0 aliphatic rings. The van der Waals surface area contributed by atoms with Crippen LogP contribution in [0.1, 0.15) is 67.6 Å². The maximum atomic E-state index is 12.9. The average molecular weight is 454 g/mol. The first-order valence-corrected chi connectivity index (χ1v) is 12.7. The second kappa shape index (κ2) is 12.0. The molecule has 2 aromatic rings. The van der Waals surface area contributed by atoms with Gasteiger partial charge in [-0.3, -0.25) is 4.72 Å². The highest BCUT2D eigenvalue weighted by atomic mass is 32.2. The molecule has 1 heterocycles. The van der Waals surface area contributed by atoms with E-state index in [1.165, 1.54) is 38.9 Å². The molecule has 0 unspecified atom stereocenters. The second-order valence-electron chi connectivity index (χ2n) is 7.05. The Morgan fingerprint density at radius 2 is 1.83 bits per heavy atom. The van der Waals surface area contributed by atoms with Gasteiger partial charge in [-0.15, -0.1) is 11.3 Å². The van der Waals surface area contributed by atoms with Crippen molar-refractivity contribution in [3.63, 3.8) is 0 Å². The van der Waals surface area contributed by atoms with Crippen LogP contribution in [-0.2, 0) is 21.2 Å². The number of hydrogen-bond donors (Lipinski definition) is 1. The summed E-state index contributed by atoms with van der Waals surface area (Å²) < 4.78 is 38.9. The van der Waals surface area contributed by atoms with Crippen molar-refractivity contribution in [3.05, 3.63) is 40.1 Å². The van der Waals surface area contributed by atoms with Crippen LogP contribution in [0.5, 0.6) is 5.75 Å². The van der Waals surface area contributed by atoms with Gasteiger partial charge in [0.1, 0.15) is 15.5 Å². The van der Waals surface area contributed by atoms with E-state index in [2.05, 4.69) is 16.4 Å². The number of hydrogen-bond acceptors (Lipinski definition) is 6. The summed E-state index contributed by atoms with van der Waals surface area (Å²) in [5.41, 5.74) is 1.48. The first-order valence-electron chi connectivity index (χ1n) is 10.4. The Morgan fingerprint density at radius 3 is 2.53 bits per heavy atom. The molecule has 166 valence electrons. The third-order valence-electron chi connectivity index (χ3n) is 4.61. The number of benzene rings is 1. The summed E-state index contributed by atoms with van der Waals surface area (Å²) in [5.74, 6) is -0.174. The van der Waals surface area contributed by atoms with E-state index in [1.807, 2.05) is 19.1 Å². The zero-order chi connectivity index (χ0) is 22.0. The predicted molar refractivity (Wildman–Crippen MR) is 121 cm³/mol. The Labute approximate surface area is 183 Å². The van der Waals surface area contributed by atoms with Crippen molar-refractivity contribution < 1.29 is 22.7 Å². The summed E-state index contributed by atoms with van der Waals surface area (Å²) in [5, 5.41) is 1.55. The number of aryl methyl sites for hydroxylation is 1. The van der Waals surface area contributed by atoms with E-state index in [0.29, 0.717) is 18.0 Å². The highest BCUT2D eigenvalue weighted by Gasteiger charge is 2.25. The Kier molecular flexibility index (Phi) is 9.65. The van der Waals surface area contributed by atoms with Crippen molar-refractivity contribution in [2.24, 2.45) is 0 Å². The third kappa shape index (κ3) is 6.74. The molecular weight excluding hydrogens is 422 g/mol. The normalized spacial score (nSPS) is 11.3. The van der Waals surface area contributed by atoms with Crippen LogP contribution in [0.4, 0.5) is 5.69 Å². The first-order chi connectivity index (χ1) is 14.4. The van der Waals surface area contributed by atoms with Gasteiger partial charge in [0.15, 0.2) is 0 Å². The van der Waals surface area contributed by atoms with Crippen molar-refractivity contribution in [1.29, 1.82) is 0 Å². The summed E-state index contributed by atoms with van der Waals surface area (Å²) in [6.45, 7) is 4.68. The zero-order valence-corrected chi connectivity index (χ0v) is 19.5. The lowest BCUT2D eigenvalue weighted by Gasteiger charge is -2.15. The van der Waals surface area contributed by atoms with E-state index >= 15 is 0 Å². The number of ether oxygens (including phenoxy) is 2. The molecule has 0 fully saturated rings. The number of unbranched alkanes of at least 4 members (excludes halogenated alkanes) is 4. The van der Waals surface area contributed by atoms with Gasteiger partial charge in [-0.2, -0.15) is 0 Å². The molecule has 0 saturated carbocycles. The molecule has 1 aromatic carbocycles. The molecule has 0 saturated heterocycles. The summed E-state index contributed by atoms with van der Waals surface area (Å²) in [6.07, 6.45) is 7.71. The van der Waals surface area contributed by atoms with Crippen LogP contribution in [0, 0.1) is 0 Å². The maximum absolute atomic E-state index is 12.9. The third-order valence-corrected chi connectivity index (χ3v) is 7.04. The molecule has 0 atom stereocenters. The molecule has 0 spiro atoms. The highest BCUT2D eigenvalue weighted by Crippen LogP contribution is 2.31. The highest BCUT2D eigenvalue weighted by molar-refractivity contribution is 7.93. The maximum Gasteiger partial charge on any atom is 0.349 e. The minimum atomic E-state index is -3.96. The minimum Gasteiger partial charge on any atom is -0.491 e. The lowest BCUT2D eigenvalue weighted by atomic mass is 10.0. The topological polar surface area (TPSA) is 81.7 Å². The molecule has 6 nitrogen and oxygen atoms in total.